The van der Waals surface area contributed by atoms with Crippen LogP contribution in [-0.4, -0.2) is 7.04 Å². The summed E-state index contributed by atoms with van der Waals surface area (Å²) < 4.78 is 38.5. The number of hydrogen-bond donors (Lipinski definition) is 0. The minimum absolute atomic E-state index is 0.191. The Morgan fingerprint density at radius 1 is 1.64 bits per heavy atom. The molecule has 0 fully saturated rings. The monoisotopic (exact) mass is 221 g/mol. The molecule has 11 heavy (non-hydrogen) atoms. The molecule has 1 nitrogen and oxygen atoms in total. The van der Waals surface area contributed by atoms with Gasteiger partial charge in [-0.1, -0.05) is 0 Å². The highest BCUT2D eigenvalue weighted by Gasteiger charge is 2.06. The summed E-state index contributed by atoms with van der Waals surface area (Å²) >= 11 is 2.97. The van der Waals surface area contributed by atoms with Crippen molar-refractivity contribution in [1.82, 2.24) is 0 Å². The Bertz CT molecular complexity index is 351. The summed E-state index contributed by atoms with van der Waals surface area (Å²) in [6.07, 6.45) is 0. The average Bonchev–Trinajstić information content (AvgIpc) is 1.96. The van der Waals surface area contributed by atoms with Gasteiger partial charge in [0, 0.05) is 0 Å². The van der Waals surface area contributed by atoms with Crippen molar-refractivity contribution in [3.63, 3.8) is 0 Å². The Labute approximate surface area is 77.5 Å². The van der Waals surface area contributed by atoms with Crippen molar-refractivity contribution in [3.05, 3.63) is 28.0 Å². The van der Waals surface area contributed by atoms with Gasteiger partial charge >= 0.3 is 0 Å². The van der Waals surface area contributed by atoms with Crippen molar-refractivity contribution < 1.29 is 13.2 Å². The Morgan fingerprint density at radius 2 is 2.36 bits per heavy atom. The van der Waals surface area contributed by atoms with Crippen LogP contribution in [0.25, 0.3) is 0 Å². The van der Waals surface area contributed by atoms with Gasteiger partial charge in [-0.2, -0.15) is 0 Å². The Hall–Kier alpha value is -0.570. The summed E-state index contributed by atoms with van der Waals surface area (Å²) in [7, 11) is -2.63. The SMILES string of the molecule is [2H]C([2H])([2H])Oc1cc(C)cc(Br)c1F. The molecule has 60 valence electrons. The molecule has 1 aromatic carbocycles. The topological polar surface area (TPSA) is 9.23 Å². The van der Waals surface area contributed by atoms with E-state index in [4.69, 9.17) is 4.11 Å². The molecule has 0 radical (unpaired) electrons. The number of halogens is 2. The van der Waals surface area contributed by atoms with Gasteiger partial charge in [-0.15, -0.1) is 0 Å². The van der Waals surface area contributed by atoms with Crippen LogP contribution >= 0.6 is 15.9 Å². The van der Waals surface area contributed by atoms with Gasteiger partial charge in [0.25, 0.3) is 0 Å². The van der Waals surface area contributed by atoms with E-state index < -0.39 is 12.9 Å². The molecule has 0 saturated heterocycles. The highest BCUT2D eigenvalue weighted by molar-refractivity contribution is 9.10. The molecule has 3 heteroatoms. The minimum atomic E-state index is -2.63. The molecule has 0 unspecified atom stereocenters. The van der Waals surface area contributed by atoms with Crippen LogP contribution in [0.1, 0.15) is 9.68 Å². The molecule has 0 spiro atoms. The van der Waals surface area contributed by atoms with Crippen LogP contribution in [-0.2, 0) is 0 Å². The molecule has 0 N–H and O–H groups in total. The third kappa shape index (κ3) is 1.71. The van der Waals surface area contributed by atoms with Crippen LogP contribution in [0.2, 0.25) is 0 Å². The predicted octanol–water partition coefficient (Wildman–Crippen LogP) is 2.91. The van der Waals surface area contributed by atoms with Gasteiger partial charge in [0.15, 0.2) is 11.6 Å². The second-order valence-corrected chi connectivity index (χ2v) is 3.02. The van der Waals surface area contributed by atoms with Crippen molar-refractivity contribution in [2.75, 3.05) is 7.04 Å². The lowest BCUT2D eigenvalue weighted by Crippen LogP contribution is -1.89. The summed E-state index contributed by atoms with van der Waals surface area (Å²) in [5.74, 6) is -0.969. The zero-order valence-electron chi connectivity index (χ0n) is 8.82. The maximum Gasteiger partial charge on any atom is 0.179 e. The molecular weight excluding hydrogens is 211 g/mol. The lowest BCUT2D eigenvalue weighted by atomic mass is 10.2. The molecule has 0 atom stereocenters. The van der Waals surface area contributed by atoms with Crippen molar-refractivity contribution in [3.8, 4) is 5.75 Å². The summed E-state index contributed by atoms with van der Waals surface area (Å²) in [6.45, 7) is 1.72. The fourth-order valence-electron chi connectivity index (χ4n) is 0.767. The number of ether oxygens (including phenoxy) is 1. The molecule has 0 aromatic heterocycles. The predicted molar refractivity (Wildman–Crippen MR) is 45.4 cm³/mol. The van der Waals surface area contributed by atoms with Crippen LogP contribution in [0, 0.1) is 12.7 Å². The maximum atomic E-state index is 13.3. The largest absolute Gasteiger partial charge is 0.494 e. The number of aryl methyl sites for hydroxylation is 1. The van der Waals surface area contributed by atoms with Crippen molar-refractivity contribution in [2.45, 2.75) is 6.92 Å². The summed E-state index contributed by atoms with van der Waals surface area (Å²) in [4.78, 5) is 0. The first kappa shape index (κ1) is 5.14. The molecular formula is C8H8BrFO. The normalized spacial score (nSPS) is 15.0. The fraction of sp³-hybridized carbons (Fsp3) is 0.250. The van der Waals surface area contributed by atoms with E-state index in [1.54, 1.807) is 13.0 Å². The number of rotatable bonds is 1. The van der Waals surface area contributed by atoms with E-state index in [2.05, 4.69) is 20.7 Å². The van der Waals surface area contributed by atoms with E-state index in [0.717, 1.165) is 5.56 Å². The molecule has 0 amide bonds. The first-order chi connectivity index (χ1) is 6.29. The van der Waals surface area contributed by atoms with Crippen LogP contribution in [0.4, 0.5) is 4.39 Å². The number of hydrogen-bond acceptors (Lipinski definition) is 1. The van der Waals surface area contributed by atoms with E-state index in [9.17, 15) is 4.39 Å². The van der Waals surface area contributed by atoms with Gasteiger partial charge in [0.05, 0.1) is 15.6 Å². The van der Waals surface area contributed by atoms with Crippen LogP contribution in [0.3, 0.4) is 0 Å². The second-order valence-electron chi connectivity index (χ2n) is 2.16. The molecule has 0 aliphatic heterocycles. The lowest BCUT2D eigenvalue weighted by molar-refractivity contribution is 0.385. The number of methoxy groups -OCH3 is 1. The van der Waals surface area contributed by atoms with E-state index in [0.29, 0.717) is 0 Å². The van der Waals surface area contributed by atoms with E-state index in [-0.39, 0.29) is 10.2 Å². The smallest absolute Gasteiger partial charge is 0.179 e. The first-order valence-electron chi connectivity index (χ1n) is 4.44. The molecule has 0 heterocycles. The molecule has 0 bridgehead atoms. The van der Waals surface area contributed by atoms with Gasteiger partial charge in [-0.25, -0.2) is 4.39 Å². The van der Waals surface area contributed by atoms with Gasteiger partial charge < -0.3 is 4.74 Å². The van der Waals surface area contributed by atoms with Crippen molar-refractivity contribution in [2.24, 2.45) is 0 Å². The second kappa shape index (κ2) is 3.22. The van der Waals surface area contributed by atoms with E-state index in [1.165, 1.54) is 6.07 Å². The van der Waals surface area contributed by atoms with Gasteiger partial charge in [-0.05, 0) is 40.5 Å². The van der Waals surface area contributed by atoms with Gasteiger partial charge in [-0.3, -0.25) is 0 Å². The summed E-state index contributed by atoms with van der Waals surface area (Å²) in [5, 5.41) is 0. The average molecular weight is 222 g/mol. The van der Waals surface area contributed by atoms with E-state index >= 15 is 0 Å². The molecule has 0 saturated carbocycles. The zero-order chi connectivity index (χ0) is 10.9. The molecule has 1 aromatic rings. The van der Waals surface area contributed by atoms with Crippen LogP contribution < -0.4 is 4.74 Å². The zero-order valence-corrected chi connectivity index (χ0v) is 7.40. The minimum Gasteiger partial charge on any atom is -0.494 e. The van der Waals surface area contributed by atoms with E-state index in [1.807, 2.05) is 0 Å². The lowest BCUT2D eigenvalue weighted by Gasteiger charge is -2.03. The molecule has 0 aliphatic carbocycles. The first-order valence-corrected chi connectivity index (χ1v) is 3.73. The number of benzene rings is 1. The van der Waals surface area contributed by atoms with Crippen LogP contribution in [0.5, 0.6) is 5.75 Å². The standard InChI is InChI=1S/C8H8BrFO/c1-5-3-6(9)8(10)7(4-5)11-2/h3-4H,1-2H3/i2D3. The van der Waals surface area contributed by atoms with Crippen molar-refractivity contribution in [1.29, 1.82) is 0 Å². The quantitative estimate of drug-likeness (QED) is 0.709. The molecule has 0 aliphatic rings. The Balaban J connectivity index is 3.09. The Kier molecular flexibility index (Phi) is 1.50. The van der Waals surface area contributed by atoms with Crippen LogP contribution in [0.15, 0.2) is 16.6 Å². The summed E-state index contributed by atoms with van der Waals surface area (Å²) in [6, 6.07) is 2.88. The summed E-state index contributed by atoms with van der Waals surface area (Å²) in [5.41, 5.74) is 0.720. The fourth-order valence-corrected chi connectivity index (χ4v) is 1.32. The third-order valence-corrected chi connectivity index (χ3v) is 1.83. The maximum absolute atomic E-state index is 13.3. The van der Waals surface area contributed by atoms with Gasteiger partial charge in [0.2, 0.25) is 0 Å². The van der Waals surface area contributed by atoms with Crippen molar-refractivity contribution >= 4 is 15.9 Å². The third-order valence-electron chi connectivity index (χ3n) is 1.25. The highest BCUT2D eigenvalue weighted by Crippen LogP contribution is 2.26. The Morgan fingerprint density at radius 3 is 3.00 bits per heavy atom. The molecule has 1 rings (SSSR count). The highest BCUT2D eigenvalue weighted by atomic mass is 79.9. The van der Waals surface area contributed by atoms with Gasteiger partial charge in [0.1, 0.15) is 0 Å².